The molecule has 2 aromatic heterocycles. The normalized spacial score (nSPS) is 12.2. The summed E-state index contributed by atoms with van der Waals surface area (Å²) in [6.07, 6.45) is 3.51. The van der Waals surface area contributed by atoms with E-state index in [2.05, 4.69) is 19.7 Å². The summed E-state index contributed by atoms with van der Waals surface area (Å²) in [5.41, 5.74) is 9.24. The molecule has 0 saturated heterocycles. The molecule has 4 N–H and O–H groups in total. The van der Waals surface area contributed by atoms with Gasteiger partial charge in [0.15, 0.2) is 0 Å². The van der Waals surface area contributed by atoms with E-state index in [1.54, 1.807) is 44.3 Å². The summed E-state index contributed by atoms with van der Waals surface area (Å²) >= 11 is 0. The van der Waals surface area contributed by atoms with Crippen molar-refractivity contribution >= 4 is 15.8 Å². The first-order valence-electron chi connectivity index (χ1n) is 9.85. The number of nitrogens with zero attached hydrogens (tertiary/aromatic N) is 3. The second kappa shape index (κ2) is 8.70. The molecule has 0 saturated carbocycles. The highest BCUT2D eigenvalue weighted by molar-refractivity contribution is 7.89. The van der Waals surface area contributed by atoms with Gasteiger partial charge in [0.1, 0.15) is 11.5 Å². The summed E-state index contributed by atoms with van der Waals surface area (Å²) in [6.45, 7) is 7.14. The fraction of sp³-hybridized carbons (Fsp3) is 0.318. The van der Waals surface area contributed by atoms with E-state index in [-0.39, 0.29) is 17.3 Å². The first kappa shape index (κ1) is 22.8. The Morgan fingerprint density at radius 2 is 1.87 bits per heavy atom. The van der Waals surface area contributed by atoms with E-state index in [4.69, 9.17) is 5.73 Å². The number of rotatable bonds is 7. The Bertz CT molecular complexity index is 1200. The largest absolute Gasteiger partial charge is 0.390 e. The minimum absolute atomic E-state index is 0.115. The van der Waals surface area contributed by atoms with Crippen LogP contribution >= 0.6 is 0 Å². The molecule has 0 radical (unpaired) electrons. The second-order valence-electron chi connectivity index (χ2n) is 8.11. The van der Waals surface area contributed by atoms with Gasteiger partial charge in [-0.15, -0.1) is 0 Å². The lowest BCUT2D eigenvalue weighted by molar-refractivity contribution is 0.0728. The minimum Gasteiger partial charge on any atom is -0.390 e. The van der Waals surface area contributed by atoms with Gasteiger partial charge in [0.2, 0.25) is 10.0 Å². The summed E-state index contributed by atoms with van der Waals surface area (Å²) in [4.78, 5) is 13.2. The number of aryl methyl sites for hydroxylation is 2. The standard InChI is InChI=1S/C22H27N5O3S/c1-14-5-6-17(31(29,30)26-10-8-22(3,4)28)12-18(14)19-13-25-21(23)20(27-19)16-7-9-24-15(2)11-16/h5-7,9,11-13,26,28H,8,10H2,1-4H3,(H2,23,25). The van der Waals surface area contributed by atoms with Crippen LogP contribution in [0.15, 0.2) is 47.6 Å². The third kappa shape index (κ3) is 5.63. The molecule has 8 nitrogen and oxygen atoms in total. The molecule has 3 aromatic rings. The molecule has 0 amide bonds. The molecule has 0 fully saturated rings. The van der Waals surface area contributed by atoms with Crippen molar-refractivity contribution in [3.63, 3.8) is 0 Å². The summed E-state index contributed by atoms with van der Waals surface area (Å²) in [7, 11) is -3.75. The maximum Gasteiger partial charge on any atom is 0.240 e. The topological polar surface area (TPSA) is 131 Å². The van der Waals surface area contributed by atoms with Gasteiger partial charge in [0.05, 0.1) is 22.4 Å². The second-order valence-corrected chi connectivity index (χ2v) is 9.88. The molecule has 0 aliphatic carbocycles. The first-order valence-corrected chi connectivity index (χ1v) is 11.3. The van der Waals surface area contributed by atoms with Gasteiger partial charge >= 0.3 is 0 Å². The van der Waals surface area contributed by atoms with Crippen molar-refractivity contribution in [3.05, 3.63) is 54.0 Å². The van der Waals surface area contributed by atoms with Crippen molar-refractivity contribution in [3.8, 4) is 22.5 Å². The predicted octanol–water partition coefficient (Wildman–Crippen LogP) is 2.84. The van der Waals surface area contributed by atoms with Crippen LogP contribution in [0, 0.1) is 13.8 Å². The molecular weight excluding hydrogens is 414 g/mol. The molecule has 3 rings (SSSR count). The average Bonchev–Trinajstić information content (AvgIpc) is 2.67. The van der Waals surface area contributed by atoms with Crippen LogP contribution in [0.2, 0.25) is 0 Å². The van der Waals surface area contributed by atoms with Crippen LogP contribution in [0.3, 0.4) is 0 Å². The number of nitrogens with two attached hydrogens (primary N) is 1. The maximum absolute atomic E-state index is 12.7. The Balaban J connectivity index is 1.98. The lowest BCUT2D eigenvalue weighted by atomic mass is 10.1. The zero-order valence-electron chi connectivity index (χ0n) is 18.0. The zero-order chi connectivity index (χ0) is 22.8. The molecule has 0 aliphatic heterocycles. The van der Waals surface area contributed by atoms with E-state index < -0.39 is 15.6 Å². The Morgan fingerprint density at radius 1 is 1.13 bits per heavy atom. The molecule has 0 bridgehead atoms. The summed E-state index contributed by atoms with van der Waals surface area (Å²) in [5.74, 6) is 0.282. The van der Waals surface area contributed by atoms with Crippen molar-refractivity contribution < 1.29 is 13.5 Å². The highest BCUT2D eigenvalue weighted by atomic mass is 32.2. The number of nitrogen functional groups attached to an aromatic ring is 1. The Kier molecular flexibility index (Phi) is 6.40. The number of sulfonamides is 1. The number of pyridine rings is 1. The van der Waals surface area contributed by atoms with Crippen molar-refractivity contribution in [1.29, 1.82) is 0 Å². The van der Waals surface area contributed by atoms with E-state index in [9.17, 15) is 13.5 Å². The van der Waals surface area contributed by atoms with E-state index in [0.29, 0.717) is 23.4 Å². The summed E-state index contributed by atoms with van der Waals surface area (Å²) in [5, 5.41) is 9.81. The fourth-order valence-electron chi connectivity index (χ4n) is 3.05. The van der Waals surface area contributed by atoms with Crippen molar-refractivity contribution in [1.82, 2.24) is 19.7 Å². The molecule has 31 heavy (non-hydrogen) atoms. The molecule has 0 aliphatic rings. The average molecular weight is 442 g/mol. The number of anilines is 1. The van der Waals surface area contributed by atoms with E-state index >= 15 is 0 Å². The number of nitrogens with one attached hydrogen (secondary N) is 1. The smallest absolute Gasteiger partial charge is 0.240 e. The Morgan fingerprint density at radius 3 is 2.55 bits per heavy atom. The van der Waals surface area contributed by atoms with Crippen LogP contribution in [-0.4, -0.2) is 40.6 Å². The first-order chi connectivity index (χ1) is 14.5. The SMILES string of the molecule is Cc1cc(-c2nc(-c3cc(S(=O)(=O)NCCC(C)(C)O)ccc3C)cnc2N)ccn1. The van der Waals surface area contributed by atoms with Crippen molar-refractivity contribution in [2.24, 2.45) is 0 Å². The van der Waals surface area contributed by atoms with Gasteiger partial charge < -0.3 is 10.8 Å². The number of benzene rings is 1. The number of aromatic nitrogens is 3. The number of hydrogen-bond donors (Lipinski definition) is 3. The van der Waals surface area contributed by atoms with Crippen LogP contribution in [-0.2, 0) is 10.0 Å². The Labute approximate surface area is 182 Å². The highest BCUT2D eigenvalue weighted by Gasteiger charge is 2.19. The lowest BCUT2D eigenvalue weighted by Gasteiger charge is -2.17. The van der Waals surface area contributed by atoms with Crippen molar-refractivity contribution in [2.75, 3.05) is 12.3 Å². The molecule has 9 heteroatoms. The van der Waals surface area contributed by atoms with Gasteiger partial charge in [0, 0.05) is 29.6 Å². The fourth-order valence-corrected chi connectivity index (χ4v) is 4.11. The number of hydrogen-bond acceptors (Lipinski definition) is 7. The van der Waals surface area contributed by atoms with Crippen LogP contribution in [0.4, 0.5) is 5.82 Å². The van der Waals surface area contributed by atoms with E-state index in [0.717, 1.165) is 16.8 Å². The lowest BCUT2D eigenvalue weighted by Crippen LogP contribution is -2.30. The summed E-state index contributed by atoms with van der Waals surface area (Å²) in [6, 6.07) is 8.52. The maximum atomic E-state index is 12.7. The molecule has 0 spiro atoms. The van der Waals surface area contributed by atoms with Crippen LogP contribution in [0.5, 0.6) is 0 Å². The molecule has 2 heterocycles. The van der Waals surface area contributed by atoms with Crippen molar-refractivity contribution in [2.45, 2.75) is 44.6 Å². The number of aliphatic hydroxyl groups is 1. The molecular formula is C22H27N5O3S. The predicted molar refractivity (Wildman–Crippen MR) is 121 cm³/mol. The van der Waals surface area contributed by atoms with Gasteiger partial charge in [-0.25, -0.2) is 23.1 Å². The summed E-state index contributed by atoms with van der Waals surface area (Å²) < 4.78 is 28.0. The monoisotopic (exact) mass is 441 g/mol. The zero-order valence-corrected chi connectivity index (χ0v) is 18.9. The highest BCUT2D eigenvalue weighted by Crippen LogP contribution is 2.29. The molecule has 0 atom stereocenters. The Hall–Kier alpha value is -2.88. The van der Waals surface area contributed by atoms with Crippen LogP contribution < -0.4 is 10.5 Å². The molecule has 1 aromatic carbocycles. The molecule has 164 valence electrons. The third-order valence-electron chi connectivity index (χ3n) is 4.80. The van der Waals surface area contributed by atoms with E-state index in [1.165, 1.54) is 6.20 Å². The van der Waals surface area contributed by atoms with E-state index in [1.807, 2.05) is 19.9 Å². The van der Waals surface area contributed by atoms with Gasteiger partial charge in [-0.05, 0) is 63.9 Å². The third-order valence-corrected chi connectivity index (χ3v) is 6.25. The minimum atomic E-state index is -3.75. The van der Waals surface area contributed by atoms with Gasteiger partial charge in [0.25, 0.3) is 0 Å². The van der Waals surface area contributed by atoms with Crippen LogP contribution in [0.1, 0.15) is 31.5 Å². The van der Waals surface area contributed by atoms with Gasteiger partial charge in [-0.1, -0.05) is 6.07 Å². The van der Waals surface area contributed by atoms with Gasteiger partial charge in [-0.3, -0.25) is 4.98 Å². The van der Waals surface area contributed by atoms with Crippen LogP contribution in [0.25, 0.3) is 22.5 Å². The molecule has 0 unspecified atom stereocenters. The quantitative estimate of drug-likeness (QED) is 0.514. The van der Waals surface area contributed by atoms with Gasteiger partial charge in [-0.2, -0.15) is 0 Å².